The average Bonchev–Trinajstić information content (AvgIpc) is 2.62. The Labute approximate surface area is 160 Å². The van der Waals surface area contributed by atoms with Crippen LogP contribution < -0.4 is 4.90 Å². The number of carbonyl (C=O) groups excluding carboxylic acids is 1. The van der Waals surface area contributed by atoms with Crippen molar-refractivity contribution in [3.05, 3.63) is 29.8 Å². The highest BCUT2D eigenvalue weighted by molar-refractivity contribution is 5.97. The first kappa shape index (κ1) is 19.8. The Bertz CT molecular complexity index is 664. The summed E-state index contributed by atoms with van der Waals surface area (Å²) in [7, 11) is 1.78. The number of hydrogen-bond acceptors (Lipinski definition) is 5. The maximum absolute atomic E-state index is 13.1. The molecule has 1 N–H and O–H groups in total. The molecule has 3 rings (SSSR count). The van der Waals surface area contributed by atoms with Crippen molar-refractivity contribution in [2.45, 2.75) is 31.9 Å². The number of carbonyl (C=O) groups is 2. The first-order chi connectivity index (χ1) is 12.9. The van der Waals surface area contributed by atoms with Gasteiger partial charge in [0.25, 0.3) is 0 Å². The predicted octanol–water partition coefficient (Wildman–Crippen LogP) is 1.21. The number of nitrogens with zero attached hydrogens (tertiary/aromatic N) is 3. The number of morpholine rings is 1. The Morgan fingerprint density at radius 3 is 2.74 bits per heavy atom. The number of aryl methyl sites for hydroxylation is 1. The molecule has 2 heterocycles. The summed E-state index contributed by atoms with van der Waals surface area (Å²) in [6, 6.07) is 7.97. The van der Waals surface area contributed by atoms with E-state index in [1.54, 1.807) is 11.9 Å². The Balaban J connectivity index is 1.63. The normalized spacial score (nSPS) is 24.4. The summed E-state index contributed by atoms with van der Waals surface area (Å²) in [6.45, 7) is 5.29. The molecule has 1 amide bonds. The summed E-state index contributed by atoms with van der Waals surface area (Å²) in [5.41, 5.74) is 2.14. The van der Waals surface area contributed by atoms with Gasteiger partial charge in [-0.15, -0.1) is 0 Å². The molecular weight excluding hydrogens is 346 g/mol. The Kier molecular flexibility index (Phi) is 6.46. The lowest BCUT2D eigenvalue weighted by molar-refractivity contribution is -0.138. The van der Waals surface area contributed by atoms with E-state index in [-0.39, 0.29) is 24.6 Å². The molecule has 0 aliphatic carbocycles. The van der Waals surface area contributed by atoms with Crippen molar-refractivity contribution in [3.8, 4) is 0 Å². The SMILES string of the molecule is Cc1ccc(N2CCCC(N3CCOC(CN(C)CC(=O)O)C3)C2=O)cc1. The summed E-state index contributed by atoms with van der Waals surface area (Å²) in [5, 5.41) is 8.92. The largest absolute Gasteiger partial charge is 0.480 e. The first-order valence-corrected chi connectivity index (χ1v) is 9.58. The zero-order valence-corrected chi connectivity index (χ0v) is 16.1. The summed E-state index contributed by atoms with van der Waals surface area (Å²) in [6.07, 6.45) is 1.76. The number of carboxylic acid groups (broad SMARTS) is 1. The smallest absolute Gasteiger partial charge is 0.317 e. The van der Waals surface area contributed by atoms with E-state index in [9.17, 15) is 9.59 Å². The molecule has 1 aromatic carbocycles. The molecule has 0 radical (unpaired) electrons. The maximum atomic E-state index is 13.1. The zero-order chi connectivity index (χ0) is 19.4. The van der Waals surface area contributed by atoms with Gasteiger partial charge >= 0.3 is 5.97 Å². The lowest BCUT2D eigenvalue weighted by atomic mass is 10.0. The van der Waals surface area contributed by atoms with Crippen LogP contribution in [0.2, 0.25) is 0 Å². The standard InChI is InChI=1S/C20H29N3O4/c1-15-5-7-16(8-6-15)23-9-3-4-18(20(23)26)22-10-11-27-17(13-22)12-21(2)14-19(24)25/h5-8,17-18H,3-4,9-14H2,1-2H3,(H,24,25). The molecule has 148 valence electrons. The minimum atomic E-state index is -0.846. The first-order valence-electron chi connectivity index (χ1n) is 9.58. The summed E-state index contributed by atoms with van der Waals surface area (Å²) in [4.78, 5) is 29.9. The van der Waals surface area contributed by atoms with Crippen LogP contribution in [0.15, 0.2) is 24.3 Å². The van der Waals surface area contributed by atoms with Gasteiger partial charge in [0.2, 0.25) is 5.91 Å². The lowest BCUT2D eigenvalue weighted by Crippen LogP contribution is -2.58. The minimum absolute atomic E-state index is 0.0105. The zero-order valence-electron chi connectivity index (χ0n) is 16.1. The summed E-state index contributed by atoms with van der Waals surface area (Å²) >= 11 is 0. The highest BCUT2D eigenvalue weighted by Gasteiger charge is 2.36. The second-order valence-corrected chi connectivity index (χ2v) is 7.56. The summed E-state index contributed by atoms with van der Waals surface area (Å²) < 4.78 is 5.81. The van der Waals surface area contributed by atoms with Crippen LogP contribution >= 0.6 is 0 Å². The highest BCUT2D eigenvalue weighted by Crippen LogP contribution is 2.25. The third-order valence-corrected chi connectivity index (χ3v) is 5.29. The van der Waals surface area contributed by atoms with Gasteiger partial charge in [-0.1, -0.05) is 17.7 Å². The van der Waals surface area contributed by atoms with Crippen LogP contribution in [-0.2, 0) is 14.3 Å². The second kappa shape index (κ2) is 8.82. The van der Waals surface area contributed by atoms with Crippen LogP contribution in [0.4, 0.5) is 5.69 Å². The van der Waals surface area contributed by atoms with Gasteiger partial charge < -0.3 is 14.7 Å². The van der Waals surface area contributed by atoms with E-state index < -0.39 is 5.97 Å². The fraction of sp³-hybridized carbons (Fsp3) is 0.600. The molecular formula is C20H29N3O4. The van der Waals surface area contributed by atoms with Crippen molar-refractivity contribution in [3.63, 3.8) is 0 Å². The molecule has 2 atom stereocenters. The number of ether oxygens (including phenoxy) is 1. The van der Waals surface area contributed by atoms with E-state index in [1.165, 1.54) is 5.56 Å². The number of aliphatic carboxylic acids is 1. The van der Waals surface area contributed by atoms with Gasteiger partial charge in [0, 0.05) is 31.9 Å². The molecule has 0 saturated carbocycles. The highest BCUT2D eigenvalue weighted by atomic mass is 16.5. The molecule has 2 aliphatic heterocycles. The van der Waals surface area contributed by atoms with Gasteiger partial charge in [-0.05, 0) is 38.9 Å². The topological polar surface area (TPSA) is 73.3 Å². The van der Waals surface area contributed by atoms with E-state index in [1.807, 2.05) is 36.1 Å². The lowest BCUT2D eigenvalue weighted by Gasteiger charge is -2.42. The Hall–Kier alpha value is -1.96. The molecule has 2 saturated heterocycles. The van der Waals surface area contributed by atoms with Gasteiger partial charge in [-0.2, -0.15) is 0 Å². The summed E-state index contributed by atoms with van der Waals surface area (Å²) in [5.74, 6) is -0.689. The van der Waals surface area contributed by atoms with Gasteiger partial charge in [-0.25, -0.2) is 0 Å². The van der Waals surface area contributed by atoms with Gasteiger partial charge in [-0.3, -0.25) is 19.4 Å². The molecule has 2 aliphatic rings. The number of amides is 1. The molecule has 0 bridgehead atoms. The number of likely N-dealkylation sites (N-methyl/N-ethyl adjacent to an activating group) is 1. The molecule has 0 spiro atoms. The number of anilines is 1. The average molecular weight is 375 g/mol. The molecule has 2 fully saturated rings. The quantitative estimate of drug-likeness (QED) is 0.806. The van der Waals surface area contributed by atoms with Crippen molar-refractivity contribution in [1.82, 2.24) is 9.80 Å². The monoisotopic (exact) mass is 375 g/mol. The number of piperidine rings is 1. The predicted molar refractivity (Wildman–Crippen MR) is 103 cm³/mol. The van der Waals surface area contributed by atoms with Crippen LogP contribution in [-0.4, -0.2) is 85.3 Å². The third-order valence-electron chi connectivity index (χ3n) is 5.29. The van der Waals surface area contributed by atoms with Gasteiger partial charge in [0.15, 0.2) is 0 Å². The van der Waals surface area contributed by atoms with Crippen molar-refractivity contribution in [2.24, 2.45) is 0 Å². The second-order valence-electron chi connectivity index (χ2n) is 7.56. The fourth-order valence-electron chi connectivity index (χ4n) is 3.95. The van der Waals surface area contributed by atoms with Crippen molar-refractivity contribution >= 4 is 17.6 Å². The molecule has 2 unspecified atom stereocenters. The van der Waals surface area contributed by atoms with Gasteiger partial charge in [0.1, 0.15) is 0 Å². The van der Waals surface area contributed by atoms with Crippen LogP contribution in [0.1, 0.15) is 18.4 Å². The number of carboxylic acids is 1. The fourth-order valence-corrected chi connectivity index (χ4v) is 3.95. The van der Waals surface area contributed by atoms with Crippen molar-refractivity contribution in [1.29, 1.82) is 0 Å². The van der Waals surface area contributed by atoms with Crippen LogP contribution in [0.3, 0.4) is 0 Å². The molecule has 1 aromatic rings. The van der Waals surface area contributed by atoms with E-state index in [2.05, 4.69) is 4.90 Å². The van der Waals surface area contributed by atoms with Crippen molar-refractivity contribution < 1.29 is 19.4 Å². The maximum Gasteiger partial charge on any atom is 0.317 e. The number of rotatable bonds is 6. The van der Waals surface area contributed by atoms with Crippen LogP contribution in [0, 0.1) is 6.92 Å². The van der Waals surface area contributed by atoms with E-state index in [0.717, 1.165) is 31.6 Å². The molecule has 7 heteroatoms. The van der Waals surface area contributed by atoms with Crippen LogP contribution in [0.5, 0.6) is 0 Å². The van der Waals surface area contributed by atoms with E-state index >= 15 is 0 Å². The van der Waals surface area contributed by atoms with E-state index in [0.29, 0.717) is 19.7 Å². The van der Waals surface area contributed by atoms with Crippen molar-refractivity contribution in [2.75, 3.05) is 51.3 Å². The number of hydrogen-bond donors (Lipinski definition) is 1. The minimum Gasteiger partial charge on any atom is -0.480 e. The number of benzene rings is 1. The Morgan fingerprint density at radius 2 is 2.04 bits per heavy atom. The third kappa shape index (κ3) is 5.06. The van der Waals surface area contributed by atoms with Gasteiger partial charge in [0.05, 0.1) is 25.3 Å². The molecule has 27 heavy (non-hydrogen) atoms. The Morgan fingerprint density at radius 1 is 1.30 bits per heavy atom. The molecule has 7 nitrogen and oxygen atoms in total. The molecule has 0 aromatic heterocycles. The van der Waals surface area contributed by atoms with Crippen LogP contribution in [0.25, 0.3) is 0 Å². The van der Waals surface area contributed by atoms with E-state index in [4.69, 9.17) is 9.84 Å².